The van der Waals surface area contributed by atoms with Gasteiger partial charge >= 0.3 is 0 Å². The molecule has 1 rings (SSSR count). The summed E-state index contributed by atoms with van der Waals surface area (Å²) in [6.07, 6.45) is 2.70. The first-order valence-electron chi connectivity index (χ1n) is 3.98. The molecule has 1 aliphatic carbocycles. The SMILES string of the molecule is CC(C)(CN)OCC1CC1. The molecule has 0 amide bonds. The zero-order valence-corrected chi connectivity index (χ0v) is 6.89. The van der Waals surface area contributed by atoms with Crippen LogP contribution in [0.15, 0.2) is 0 Å². The number of hydrogen-bond acceptors (Lipinski definition) is 2. The molecule has 0 aromatic heterocycles. The van der Waals surface area contributed by atoms with E-state index < -0.39 is 0 Å². The van der Waals surface area contributed by atoms with Crippen LogP contribution in [-0.4, -0.2) is 18.8 Å². The Kier molecular flexibility index (Phi) is 2.32. The molecule has 0 aromatic rings. The van der Waals surface area contributed by atoms with Crippen LogP contribution in [0.5, 0.6) is 0 Å². The summed E-state index contributed by atoms with van der Waals surface area (Å²) in [5, 5.41) is 0. The molecule has 0 unspecified atom stereocenters. The molecule has 2 nitrogen and oxygen atoms in total. The lowest BCUT2D eigenvalue weighted by molar-refractivity contribution is -0.0160. The Morgan fingerprint density at radius 1 is 1.50 bits per heavy atom. The molecule has 60 valence electrons. The molecule has 0 atom stereocenters. The maximum atomic E-state index is 5.58. The van der Waals surface area contributed by atoms with E-state index >= 15 is 0 Å². The highest BCUT2D eigenvalue weighted by Gasteiger charge is 2.25. The fourth-order valence-corrected chi connectivity index (χ4v) is 0.687. The van der Waals surface area contributed by atoms with Gasteiger partial charge < -0.3 is 10.5 Å². The van der Waals surface area contributed by atoms with E-state index in [1.165, 1.54) is 12.8 Å². The first kappa shape index (κ1) is 8.02. The summed E-state index contributed by atoms with van der Waals surface area (Å²) < 4.78 is 5.58. The van der Waals surface area contributed by atoms with Gasteiger partial charge in [0.2, 0.25) is 0 Å². The maximum absolute atomic E-state index is 5.58. The molecule has 0 radical (unpaired) electrons. The van der Waals surface area contributed by atoms with Crippen molar-refractivity contribution in [2.45, 2.75) is 32.3 Å². The van der Waals surface area contributed by atoms with E-state index in [2.05, 4.69) is 0 Å². The Bertz CT molecular complexity index is 108. The van der Waals surface area contributed by atoms with Gasteiger partial charge in [-0.25, -0.2) is 0 Å². The minimum atomic E-state index is -0.109. The van der Waals surface area contributed by atoms with Crippen molar-refractivity contribution < 1.29 is 4.74 Å². The van der Waals surface area contributed by atoms with Gasteiger partial charge in [-0.05, 0) is 32.6 Å². The molecule has 0 saturated heterocycles. The number of rotatable bonds is 4. The zero-order chi connectivity index (χ0) is 7.61. The minimum absolute atomic E-state index is 0.109. The molecule has 0 heterocycles. The maximum Gasteiger partial charge on any atom is 0.0748 e. The number of ether oxygens (including phenoxy) is 1. The summed E-state index contributed by atoms with van der Waals surface area (Å²) in [6, 6.07) is 0. The third-order valence-corrected chi connectivity index (χ3v) is 1.90. The molecular weight excluding hydrogens is 126 g/mol. The van der Waals surface area contributed by atoms with Gasteiger partial charge in [0, 0.05) is 6.54 Å². The van der Waals surface area contributed by atoms with Crippen molar-refractivity contribution in [1.82, 2.24) is 0 Å². The lowest BCUT2D eigenvalue weighted by Crippen LogP contribution is -2.34. The molecule has 0 aromatic carbocycles. The molecule has 1 fully saturated rings. The summed E-state index contributed by atoms with van der Waals surface area (Å²) in [5.74, 6) is 0.839. The van der Waals surface area contributed by atoms with Gasteiger partial charge in [0.15, 0.2) is 0 Å². The van der Waals surface area contributed by atoms with Gasteiger partial charge in [-0.15, -0.1) is 0 Å². The normalized spacial score (nSPS) is 19.5. The van der Waals surface area contributed by atoms with Crippen molar-refractivity contribution in [1.29, 1.82) is 0 Å². The van der Waals surface area contributed by atoms with E-state index in [-0.39, 0.29) is 5.60 Å². The molecule has 1 aliphatic rings. The Hall–Kier alpha value is -0.0800. The third kappa shape index (κ3) is 2.67. The van der Waals surface area contributed by atoms with E-state index in [4.69, 9.17) is 10.5 Å². The van der Waals surface area contributed by atoms with Crippen LogP contribution >= 0.6 is 0 Å². The first-order chi connectivity index (χ1) is 4.64. The van der Waals surface area contributed by atoms with Crippen molar-refractivity contribution >= 4 is 0 Å². The number of nitrogens with two attached hydrogens (primary N) is 1. The molecule has 0 bridgehead atoms. The van der Waals surface area contributed by atoms with Crippen molar-refractivity contribution in [2.24, 2.45) is 11.7 Å². The monoisotopic (exact) mass is 143 g/mol. The average Bonchev–Trinajstić information content (AvgIpc) is 2.66. The summed E-state index contributed by atoms with van der Waals surface area (Å²) >= 11 is 0. The van der Waals surface area contributed by atoms with Crippen LogP contribution in [0.4, 0.5) is 0 Å². The number of hydrogen-bond donors (Lipinski definition) is 1. The van der Waals surface area contributed by atoms with Crippen molar-refractivity contribution in [2.75, 3.05) is 13.2 Å². The smallest absolute Gasteiger partial charge is 0.0748 e. The van der Waals surface area contributed by atoms with Gasteiger partial charge in [0.1, 0.15) is 0 Å². The topological polar surface area (TPSA) is 35.2 Å². The van der Waals surface area contributed by atoms with Crippen LogP contribution in [-0.2, 0) is 4.74 Å². The average molecular weight is 143 g/mol. The van der Waals surface area contributed by atoms with Crippen LogP contribution < -0.4 is 5.73 Å². The molecule has 0 aliphatic heterocycles. The fraction of sp³-hybridized carbons (Fsp3) is 1.00. The summed E-state index contributed by atoms with van der Waals surface area (Å²) in [7, 11) is 0. The fourth-order valence-electron chi connectivity index (χ4n) is 0.687. The molecule has 1 saturated carbocycles. The highest BCUT2D eigenvalue weighted by Crippen LogP contribution is 2.30. The first-order valence-corrected chi connectivity index (χ1v) is 3.98. The Balaban J connectivity index is 2.09. The lowest BCUT2D eigenvalue weighted by atomic mass is 10.1. The molecule has 2 N–H and O–H groups in total. The molecule has 2 heteroatoms. The van der Waals surface area contributed by atoms with E-state index in [0.717, 1.165) is 12.5 Å². The lowest BCUT2D eigenvalue weighted by Gasteiger charge is -2.22. The van der Waals surface area contributed by atoms with Crippen LogP contribution in [0.3, 0.4) is 0 Å². The standard InChI is InChI=1S/C8H17NO/c1-8(2,6-9)10-5-7-3-4-7/h7H,3-6,9H2,1-2H3. The predicted octanol–water partition coefficient (Wildman–Crippen LogP) is 1.15. The van der Waals surface area contributed by atoms with E-state index in [1.54, 1.807) is 0 Å². The van der Waals surface area contributed by atoms with E-state index in [9.17, 15) is 0 Å². The van der Waals surface area contributed by atoms with Gasteiger partial charge in [0.05, 0.1) is 12.2 Å². The molecular formula is C8H17NO. The van der Waals surface area contributed by atoms with E-state index in [0.29, 0.717) is 6.54 Å². The summed E-state index contributed by atoms with van der Waals surface area (Å²) in [6.45, 7) is 5.59. The van der Waals surface area contributed by atoms with Crippen molar-refractivity contribution in [3.63, 3.8) is 0 Å². The Morgan fingerprint density at radius 3 is 2.50 bits per heavy atom. The minimum Gasteiger partial charge on any atom is -0.374 e. The van der Waals surface area contributed by atoms with Crippen molar-refractivity contribution in [3.05, 3.63) is 0 Å². The van der Waals surface area contributed by atoms with Gasteiger partial charge in [-0.3, -0.25) is 0 Å². The summed E-state index contributed by atoms with van der Waals surface area (Å²) in [4.78, 5) is 0. The van der Waals surface area contributed by atoms with Gasteiger partial charge in [-0.1, -0.05) is 0 Å². The molecule has 0 spiro atoms. The van der Waals surface area contributed by atoms with Crippen molar-refractivity contribution in [3.8, 4) is 0 Å². The summed E-state index contributed by atoms with van der Waals surface area (Å²) in [5.41, 5.74) is 5.38. The Morgan fingerprint density at radius 2 is 2.10 bits per heavy atom. The molecule has 10 heavy (non-hydrogen) atoms. The van der Waals surface area contributed by atoms with Crippen LogP contribution in [0.25, 0.3) is 0 Å². The van der Waals surface area contributed by atoms with Gasteiger partial charge in [0.25, 0.3) is 0 Å². The second-order valence-electron chi connectivity index (χ2n) is 3.72. The highest BCUT2D eigenvalue weighted by atomic mass is 16.5. The largest absolute Gasteiger partial charge is 0.374 e. The van der Waals surface area contributed by atoms with E-state index in [1.807, 2.05) is 13.8 Å². The van der Waals surface area contributed by atoms with Crippen LogP contribution in [0, 0.1) is 5.92 Å². The second kappa shape index (κ2) is 2.89. The quantitative estimate of drug-likeness (QED) is 0.640. The third-order valence-electron chi connectivity index (χ3n) is 1.90. The predicted molar refractivity (Wildman–Crippen MR) is 41.8 cm³/mol. The Labute approximate surface area is 62.7 Å². The zero-order valence-electron chi connectivity index (χ0n) is 6.89. The highest BCUT2D eigenvalue weighted by molar-refractivity contribution is 4.76. The van der Waals surface area contributed by atoms with Gasteiger partial charge in [-0.2, -0.15) is 0 Å². The van der Waals surface area contributed by atoms with Crippen LogP contribution in [0.1, 0.15) is 26.7 Å². The second-order valence-corrected chi connectivity index (χ2v) is 3.72. The van der Waals surface area contributed by atoms with Crippen LogP contribution in [0.2, 0.25) is 0 Å².